The number of aliphatic carboxylic acids is 1. The minimum atomic E-state index is -2.24. The summed E-state index contributed by atoms with van der Waals surface area (Å²) in [5.74, 6) is -1.32. The third kappa shape index (κ3) is 7.67. The molecule has 0 aliphatic rings. The number of H-pyrrole nitrogens is 1. The number of carboxylic acids is 1. The summed E-state index contributed by atoms with van der Waals surface area (Å²) in [4.78, 5) is 38.9. The maximum Gasteiger partial charge on any atom is 0.345 e. The predicted octanol–water partition coefficient (Wildman–Crippen LogP) is 3.58. The number of nitrogens with one attached hydrogen (secondary N) is 3. The van der Waals surface area contributed by atoms with Gasteiger partial charge >= 0.3 is 5.97 Å². The van der Waals surface area contributed by atoms with Gasteiger partial charge in [-0.1, -0.05) is 60.7 Å². The minimum absolute atomic E-state index is 0.0700. The Kier molecular flexibility index (Phi) is 10.3. The average Bonchev–Trinajstić information content (AvgIpc) is 3.09. The molecule has 0 bridgehead atoms. The molecular formula is C36H35N3O8. The summed E-state index contributed by atoms with van der Waals surface area (Å²) in [6.45, 7) is 1.36. The van der Waals surface area contributed by atoms with Gasteiger partial charge in [0.15, 0.2) is 0 Å². The number of pyridine rings is 1. The molecule has 47 heavy (non-hydrogen) atoms. The van der Waals surface area contributed by atoms with Crippen molar-refractivity contribution in [3.05, 3.63) is 141 Å². The number of carbonyl (C=O) groups is 2. The average molecular weight is 638 g/mol. The van der Waals surface area contributed by atoms with Crippen LogP contribution in [0.2, 0.25) is 0 Å². The van der Waals surface area contributed by atoms with Gasteiger partial charge in [0.25, 0.3) is 5.91 Å². The second-order valence-corrected chi connectivity index (χ2v) is 11.0. The number of benzene rings is 4. The Balaban J connectivity index is 1.07. The second kappa shape index (κ2) is 14.7. The van der Waals surface area contributed by atoms with Crippen LogP contribution < -0.4 is 20.9 Å². The van der Waals surface area contributed by atoms with Crippen LogP contribution in [0, 0.1) is 0 Å². The lowest BCUT2D eigenvalue weighted by atomic mass is 9.86. The molecule has 1 heterocycles. The number of phenols is 1. The Labute approximate surface area is 270 Å². The zero-order chi connectivity index (χ0) is 33.4. The van der Waals surface area contributed by atoms with E-state index in [1.54, 1.807) is 78.9 Å². The lowest BCUT2D eigenvalue weighted by Crippen LogP contribution is -2.36. The molecule has 0 saturated carbocycles. The molecule has 1 aromatic heterocycles. The summed E-state index contributed by atoms with van der Waals surface area (Å²) in [5, 5.41) is 48.2. The van der Waals surface area contributed by atoms with E-state index in [1.807, 2.05) is 0 Å². The van der Waals surface area contributed by atoms with Gasteiger partial charge in [-0.25, -0.2) is 4.79 Å². The van der Waals surface area contributed by atoms with Gasteiger partial charge in [0, 0.05) is 35.7 Å². The number of hydrogen-bond acceptors (Lipinski definition) is 8. The van der Waals surface area contributed by atoms with Gasteiger partial charge < -0.3 is 40.8 Å². The van der Waals surface area contributed by atoms with Crippen molar-refractivity contribution < 1.29 is 34.8 Å². The number of aromatic hydroxyl groups is 1. The number of hydrogen-bond donors (Lipinski definition) is 7. The lowest BCUT2D eigenvalue weighted by molar-refractivity contribution is -0.155. The zero-order valence-electron chi connectivity index (χ0n) is 25.3. The molecule has 0 radical (unpaired) electrons. The molecule has 5 aromatic rings. The third-order valence-electron chi connectivity index (χ3n) is 7.79. The fourth-order valence-electron chi connectivity index (χ4n) is 5.24. The number of aromatic nitrogens is 1. The van der Waals surface area contributed by atoms with Crippen LogP contribution in [-0.2, 0) is 17.0 Å². The molecule has 0 aliphatic heterocycles. The first-order valence-corrected chi connectivity index (χ1v) is 15.0. The van der Waals surface area contributed by atoms with Crippen LogP contribution in [0.5, 0.6) is 11.5 Å². The van der Waals surface area contributed by atoms with E-state index in [9.17, 15) is 34.8 Å². The van der Waals surface area contributed by atoms with E-state index in [0.29, 0.717) is 41.8 Å². The molecule has 11 heteroatoms. The van der Waals surface area contributed by atoms with Crippen molar-refractivity contribution in [1.82, 2.24) is 15.6 Å². The minimum Gasteiger partial charge on any atom is -0.506 e. The highest BCUT2D eigenvalue weighted by molar-refractivity contribution is 5.94. The highest BCUT2D eigenvalue weighted by atomic mass is 16.5. The van der Waals surface area contributed by atoms with Crippen LogP contribution in [-0.4, -0.2) is 56.9 Å². The van der Waals surface area contributed by atoms with Gasteiger partial charge in [-0.2, -0.15) is 0 Å². The second-order valence-electron chi connectivity index (χ2n) is 11.0. The zero-order valence-corrected chi connectivity index (χ0v) is 25.3. The highest BCUT2D eigenvalue weighted by Crippen LogP contribution is 2.32. The van der Waals surface area contributed by atoms with Crippen molar-refractivity contribution in [2.24, 2.45) is 0 Å². The van der Waals surface area contributed by atoms with Crippen molar-refractivity contribution in [3.8, 4) is 11.5 Å². The number of aliphatic hydroxyl groups excluding tert-OH is 1. The Bertz CT molecular complexity index is 1910. The molecule has 2 atom stereocenters. The van der Waals surface area contributed by atoms with Crippen molar-refractivity contribution in [1.29, 1.82) is 0 Å². The first-order chi connectivity index (χ1) is 22.7. The molecule has 5 rings (SSSR count). The topological polar surface area (TPSA) is 181 Å². The van der Waals surface area contributed by atoms with Gasteiger partial charge in [-0.15, -0.1) is 0 Å². The van der Waals surface area contributed by atoms with E-state index in [0.717, 1.165) is 5.56 Å². The van der Waals surface area contributed by atoms with Crippen molar-refractivity contribution >= 4 is 22.8 Å². The predicted molar refractivity (Wildman–Crippen MR) is 175 cm³/mol. The van der Waals surface area contributed by atoms with Crippen LogP contribution in [0.1, 0.15) is 45.1 Å². The van der Waals surface area contributed by atoms with Crippen LogP contribution in [0.25, 0.3) is 10.9 Å². The van der Waals surface area contributed by atoms with E-state index in [1.165, 1.54) is 24.3 Å². The molecule has 0 spiro atoms. The maximum absolute atomic E-state index is 12.6. The van der Waals surface area contributed by atoms with Crippen molar-refractivity contribution in [3.63, 3.8) is 0 Å². The Morgan fingerprint density at radius 1 is 0.872 bits per heavy atom. The smallest absolute Gasteiger partial charge is 0.345 e. The van der Waals surface area contributed by atoms with Crippen LogP contribution in [0.15, 0.2) is 108 Å². The van der Waals surface area contributed by atoms with Gasteiger partial charge in [0.2, 0.25) is 11.2 Å². The normalized spacial score (nSPS) is 13.1. The number of rotatable bonds is 14. The summed E-state index contributed by atoms with van der Waals surface area (Å²) < 4.78 is 5.87. The molecule has 0 saturated heterocycles. The van der Waals surface area contributed by atoms with Gasteiger partial charge in [0.05, 0.1) is 11.6 Å². The Hall–Kier alpha value is -5.49. The summed E-state index contributed by atoms with van der Waals surface area (Å²) in [6, 6.07) is 27.4. The van der Waals surface area contributed by atoms with E-state index in [-0.39, 0.29) is 47.0 Å². The quantitative estimate of drug-likeness (QED) is 0.0896. The highest BCUT2D eigenvalue weighted by Gasteiger charge is 2.40. The number of aliphatic hydroxyl groups is 2. The number of carboxylic acid groups (broad SMARTS) is 1. The molecule has 7 N–H and O–H groups in total. The molecular weight excluding hydrogens is 602 g/mol. The number of fused-ring (bicyclic) bond motifs is 1. The van der Waals surface area contributed by atoms with Crippen LogP contribution in [0.4, 0.5) is 0 Å². The summed E-state index contributed by atoms with van der Waals surface area (Å²) in [6.07, 6.45) is -0.249. The van der Waals surface area contributed by atoms with E-state index < -0.39 is 17.7 Å². The number of amides is 1. The van der Waals surface area contributed by atoms with Gasteiger partial charge in [-0.05, 0) is 66.1 Å². The first kappa shape index (κ1) is 32.9. The molecule has 1 amide bonds. The number of aromatic amines is 1. The third-order valence-corrected chi connectivity index (χ3v) is 7.79. The fourth-order valence-corrected chi connectivity index (χ4v) is 5.24. The number of carbonyl (C=O) groups excluding carboxylic acids is 1. The van der Waals surface area contributed by atoms with Crippen LogP contribution in [0.3, 0.4) is 0 Å². The number of ether oxygens (including phenoxy) is 1. The lowest BCUT2D eigenvalue weighted by Gasteiger charge is -2.25. The molecule has 0 aliphatic carbocycles. The standard InChI is InChI=1S/C36H35N3O8/c40-30-16-14-28(29-15-17-32(42)39-33(29)30)31(41)21-37-18-5-19-38-34(43)24-12-10-23(11-13-24)22-47-27-9-4-8-26(20-27)36(46,35(44)45)25-6-2-1-3-7-25/h1-4,6-17,20,31,37,40-41,46H,5,18-19,21-22H2,(H,38,43)(H,39,42)(H,44,45)/t31-,36-/m0/s1. The van der Waals surface area contributed by atoms with E-state index in [4.69, 9.17) is 4.74 Å². The Morgan fingerprint density at radius 2 is 1.62 bits per heavy atom. The summed E-state index contributed by atoms with van der Waals surface area (Å²) in [5.41, 5.74) is -0.0697. The van der Waals surface area contributed by atoms with E-state index >= 15 is 0 Å². The maximum atomic E-state index is 12.6. The fraction of sp³-hybridized carbons (Fsp3) is 0.194. The van der Waals surface area contributed by atoms with Gasteiger partial charge in [-0.3, -0.25) is 9.59 Å². The van der Waals surface area contributed by atoms with Gasteiger partial charge in [0.1, 0.15) is 18.1 Å². The molecule has 4 aromatic carbocycles. The molecule has 11 nitrogen and oxygen atoms in total. The van der Waals surface area contributed by atoms with Crippen LogP contribution >= 0.6 is 0 Å². The first-order valence-electron chi connectivity index (χ1n) is 15.0. The number of phenolic OH excluding ortho intramolecular Hbond substituents is 1. The summed E-state index contributed by atoms with van der Waals surface area (Å²) >= 11 is 0. The van der Waals surface area contributed by atoms with Crippen molar-refractivity contribution in [2.75, 3.05) is 19.6 Å². The Morgan fingerprint density at radius 3 is 2.36 bits per heavy atom. The molecule has 0 unspecified atom stereocenters. The SMILES string of the molecule is O=C(NCCCNC[C@H](O)c1ccc(O)c2[nH]c(=O)ccc12)c1ccc(COc2cccc([C@](O)(C(=O)O)c3ccccc3)c2)cc1. The van der Waals surface area contributed by atoms with E-state index in [2.05, 4.69) is 15.6 Å². The molecule has 242 valence electrons. The summed E-state index contributed by atoms with van der Waals surface area (Å²) in [7, 11) is 0. The molecule has 0 fully saturated rings. The monoisotopic (exact) mass is 637 g/mol. The largest absolute Gasteiger partial charge is 0.506 e. The van der Waals surface area contributed by atoms with Crippen molar-refractivity contribution in [2.45, 2.75) is 24.7 Å².